The summed E-state index contributed by atoms with van der Waals surface area (Å²) in [5.41, 5.74) is 0. The highest BCUT2D eigenvalue weighted by atomic mass is 16.5. The van der Waals surface area contributed by atoms with Gasteiger partial charge >= 0.3 is 11.9 Å². The molecule has 1 aliphatic rings. The van der Waals surface area contributed by atoms with E-state index in [9.17, 15) is 9.59 Å². The van der Waals surface area contributed by atoms with Crippen LogP contribution in [0, 0.1) is 23.7 Å². The topological polar surface area (TPSA) is 61.8 Å². The summed E-state index contributed by atoms with van der Waals surface area (Å²) in [7, 11) is 5.95. The highest BCUT2D eigenvalue weighted by Gasteiger charge is 2.19. The minimum Gasteiger partial charge on any atom is -0.469 e. The molecule has 5 heteroatoms. The van der Waals surface area contributed by atoms with E-state index in [1.807, 2.05) is 39.8 Å². The molecule has 1 aliphatic carbocycles. The standard InChI is InChI=1S/C6H12.C4H8.C4H6.2C3H6O2.C2H6O/c1-5-3-6(2)4-5;2*1-3-4-2;2*1-3(4)5-2;1-3-2/h5-6H,3-4H2,1-2H3;3-4H,1-2H3;1-2H3;2*1-2H3;1-2H3. The van der Waals surface area contributed by atoms with Crippen LogP contribution in [0.15, 0.2) is 12.2 Å². The number of esters is 2. The Morgan fingerprint density at radius 2 is 0.963 bits per heavy atom. The van der Waals surface area contributed by atoms with E-state index < -0.39 is 0 Å². The number of hydrogen-bond donors (Lipinski definition) is 0. The fourth-order valence-electron chi connectivity index (χ4n) is 1.30. The van der Waals surface area contributed by atoms with Gasteiger partial charge in [-0.2, -0.15) is 0 Å². The zero-order valence-corrected chi connectivity index (χ0v) is 19.8. The van der Waals surface area contributed by atoms with Gasteiger partial charge in [-0.3, -0.25) is 9.59 Å². The minimum atomic E-state index is -0.245. The van der Waals surface area contributed by atoms with E-state index in [4.69, 9.17) is 0 Å². The maximum atomic E-state index is 9.59. The first kappa shape index (κ1) is 36.2. The second kappa shape index (κ2) is 35.3. The Labute approximate surface area is 168 Å². The number of ether oxygens (including phenoxy) is 3. The molecule has 162 valence electrons. The highest BCUT2D eigenvalue weighted by molar-refractivity contribution is 5.65. The fraction of sp³-hybridized carbons (Fsp3) is 0.727. The Morgan fingerprint density at radius 1 is 0.778 bits per heavy atom. The lowest BCUT2D eigenvalue weighted by molar-refractivity contribution is -0.138. The van der Waals surface area contributed by atoms with Crippen molar-refractivity contribution in [2.24, 2.45) is 11.8 Å². The zero-order valence-electron chi connectivity index (χ0n) is 19.8. The summed E-state index contributed by atoms with van der Waals surface area (Å²) in [5, 5.41) is 0. The SMILES string of the molecule is CC#CC.CC1CC(C)C1.CC=CC.COC.COC(C)=O.COC(C)=O. The Balaban J connectivity index is -0.0000000729. The predicted octanol–water partition coefficient (Wildman–Crippen LogP) is 5.29. The summed E-state index contributed by atoms with van der Waals surface area (Å²) < 4.78 is 12.5. The quantitative estimate of drug-likeness (QED) is 0.321. The van der Waals surface area contributed by atoms with Gasteiger partial charge in [0.15, 0.2) is 0 Å². The van der Waals surface area contributed by atoms with Gasteiger partial charge in [0.2, 0.25) is 0 Å². The van der Waals surface area contributed by atoms with Crippen molar-refractivity contribution in [1.82, 2.24) is 0 Å². The number of carbonyl (C=O) groups is 2. The normalized spacial score (nSPS) is 15.1. The smallest absolute Gasteiger partial charge is 0.302 e. The molecule has 0 amide bonds. The molecule has 0 aromatic carbocycles. The van der Waals surface area contributed by atoms with Crippen LogP contribution in [-0.2, 0) is 23.8 Å². The van der Waals surface area contributed by atoms with Gasteiger partial charge in [-0.15, -0.1) is 11.8 Å². The summed E-state index contributed by atoms with van der Waals surface area (Å²) in [6, 6.07) is 0. The number of methoxy groups -OCH3 is 3. The highest BCUT2D eigenvalue weighted by Crippen LogP contribution is 2.31. The molecular weight excluding hydrogens is 344 g/mol. The zero-order chi connectivity index (χ0) is 22.7. The molecule has 0 saturated heterocycles. The van der Waals surface area contributed by atoms with Crippen molar-refractivity contribution in [2.75, 3.05) is 28.4 Å². The van der Waals surface area contributed by atoms with Crippen LogP contribution in [0.1, 0.15) is 68.2 Å². The maximum absolute atomic E-state index is 9.59. The van der Waals surface area contributed by atoms with Crippen molar-refractivity contribution >= 4 is 11.9 Å². The van der Waals surface area contributed by atoms with Crippen LogP contribution >= 0.6 is 0 Å². The molecule has 0 spiro atoms. The fourth-order valence-corrected chi connectivity index (χ4v) is 1.30. The first-order valence-corrected chi connectivity index (χ1v) is 8.98. The van der Waals surface area contributed by atoms with Crippen molar-refractivity contribution in [3.8, 4) is 11.8 Å². The van der Waals surface area contributed by atoms with Crippen LogP contribution in [-0.4, -0.2) is 40.4 Å². The van der Waals surface area contributed by atoms with Gasteiger partial charge in [0, 0.05) is 28.1 Å². The van der Waals surface area contributed by atoms with Gasteiger partial charge in [-0.25, -0.2) is 0 Å². The third-order valence-corrected chi connectivity index (χ3v) is 2.77. The Bertz CT molecular complexity index is 342. The van der Waals surface area contributed by atoms with E-state index >= 15 is 0 Å². The largest absolute Gasteiger partial charge is 0.469 e. The van der Waals surface area contributed by atoms with Gasteiger partial charge in [-0.05, 0) is 52.4 Å². The number of allylic oxidation sites excluding steroid dienone is 2. The molecule has 0 N–H and O–H groups in total. The average molecular weight is 389 g/mol. The van der Waals surface area contributed by atoms with Crippen LogP contribution in [0.2, 0.25) is 0 Å². The molecule has 1 fully saturated rings. The van der Waals surface area contributed by atoms with E-state index in [1.54, 1.807) is 14.2 Å². The Kier molecular flexibility index (Phi) is 47.3. The summed E-state index contributed by atoms with van der Waals surface area (Å²) in [6.07, 6.45) is 6.94. The third kappa shape index (κ3) is 80.1. The van der Waals surface area contributed by atoms with Crippen LogP contribution in [0.25, 0.3) is 0 Å². The summed E-state index contributed by atoms with van der Waals surface area (Å²) >= 11 is 0. The molecule has 0 atom stereocenters. The van der Waals surface area contributed by atoms with E-state index in [-0.39, 0.29) is 11.9 Å². The van der Waals surface area contributed by atoms with E-state index in [0.717, 1.165) is 11.8 Å². The van der Waals surface area contributed by atoms with Crippen molar-refractivity contribution < 1.29 is 23.8 Å². The number of hydrogen-bond acceptors (Lipinski definition) is 5. The molecule has 0 unspecified atom stereocenters. The third-order valence-electron chi connectivity index (χ3n) is 2.77. The summed E-state index contributed by atoms with van der Waals surface area (Å²) in [5.74, 6) is 6.95. The van der Waals surface area contributed by atoms with Crippen molar-refractivity contribution in [2.45, 2.75) is 68.2 Å². The predicted molar refractivity (Wildman–Crippen MR) is 115 cm³/mol. The molecule has 0 aromatic rings. The molecule has 0 aromatic heterocycles. The lowest BCUT2D eigenvalue weighted by atomic mass is 9.78. The van der Waals surface area contributed by atoms with Crippen molar-refractivity contribution in [1.29, 1.82) is 0 Å². The lowest BCUT2D eigenvalue weighted by Crippen LogP contribution is -2.16. The Morgan fingerprint density at radius 3 is 0.963 bits per heavy atom. The molecule has 1 rings (SSSR count). The molecule has 0 aliphatic heterocycles. The second-order valence-electron chi connectivity index (χ2n) is 5.65. The number of rotatable bonds is 0. The molecular formula is C22H44O5. The van der Waals surface area contributed by atoms with Gasteiger partial charge in [0.05, 0.1) is 14.2 Å². The van der Waals surface area contributed by atoms with E-state index in [0.29, 0.717) is 0 Å². The monoisotopic (exact) mass is 388 g/mol. The van der Waals surface area contributed by atoms with Gasteiger partial charge < -0.3 is 14.2 Å². The lowest BCUT2D eigenvalue weighted by Gasteiger charge is -2.28. The summed E-state index contributed by atoms with van der Waals surface area (Å²) in [4.78, 5) is 19.2. The van der Waals surface area contributed by atoms with Crippen molar-refractivity contribution in [3.63, 3.8) is 0 Å². The average Bonchev–Trinajstić information content (AvgIpc) is 2.62. The summed E-state index contributed by atoms with van der Waals surface area (Å²) in [6.45, 7) is 15.0. The molecule has 5 nitrogen and oxygen atoms in total. The molecule has 0 radical (unpaired) electrons. The first-order valence-electron chi connectivity index (χ1n) is 8.98. The van der Waals surface area contributed by atoms with Crippen LogP contribution in [0.5, 0.6) is 0 Å². The molecule has 0 heterocycles. The van der Waals surface area contributed by atoms with E-state index in [2.05, 4.69) is 39.9 Å². The maximum Gasteiger partial charge on any atom is 0.302 e. The first-order chi connectivity index (χ1) is 12.6. The van der Waals surface area contributed by atoms with Crippen LogP contribution in [0.3, 0.4) is 0 Å². The molecule has 27 heavy (non-hydrogen) atoms. The molecule has 0 bridgehead atoms. The second-order valence-corrected chi connectivity index (χ2v) is 5.65. The van der Waals surface area contributed by atoms with Gasteiger partial charge in [0.1, 0.15) is 0 Å². The number of carbonyl (C=O) groups excluding carboxylic acids is 2. The van der Waals surface area contributed by atoms with Gasteiger partial charge in [0.25, 0.3) is 0 Å². The van der Waals surface area contributed by atoms with Crippen LogP contribution in [0.4, 0.5) is 0 Å². The Hall–Kier alpha value is -1.80. The molecule has 1 saturated carbocycles. The minimum absolute atomic E-state index is 0.245. The van der Waals surface area contributed by atoms with Gasteiger partial charge in [-0.1, -0.05) is 26.0 Å². The van der Waals surface area contributed by atoms with Crippen molar-refractivity contribution in [3.05, 3.63) is 12.2 Å². The van der Waals surface area contributed by atoms with E-state index in [1.165, 1.54) is 40.9 Å². The van der Waals surface area contributed by atoms with Crippen LogP contribution < -0.4 is 0 Å².